The Kier molecular flexibility index (Phi) is 8.93. The summed E-state index contributed by atoms with van der Waals surface area (Å²) in [6, 6.07) is 9.04. The maximum atomic E-state index is 13.8. The van der Waals surface area contributed by atoms with Gasteiger partial charge in [0, 0.05) is 18.5 Å². The largest absolute Gasteiger partial charge is 0.491 e. The Morgan fingerprint density at radius 2 is 2.04 bits per heavy atom. The zero-order chi connectivity index (χ0) is 15.8. The van der Waals surface area contributed by atoms with Crippen molar-refractivity contribution in [3.63, 3.8) is 0 Å². The molecule has 7 heteroatoms. The van der Waals surface area contributed by atoms with E-state index in [1.165, 1.54) is 10.9 Å². The first-order valence-corrected chi connectivity index (χ1v) is 7.99. The molecule has 4 nitrogen and oxygen atoms in total. The summed E-state index contributed by atoms with van der Waals surface area (Å²) in [4.78, 5) is 5.38. The quantitative estimate of drug-likeness (QED) is 0.401. The molecule has 0 unspecified atom stereocenters. The summed E-state index contributed by atoms with van der Waals surface area (Å²) in [6.45, 7) is 3.49. The Morgan fingerprint density at radius 1 is 1.26 bits per heavy atom. The first-order valence-electron chi connectivity index (χ1n) is 7.11. The van der Waals surface area contributed by atoms with E-state index >= 15 is 0 Å². The van der Waals surface area contributed by atoms with Crippen LogP contribution in [-0.2, 0) is 13.1 Å². The Hall–Kier alpha value is -1.35. The maximum Gasteiger partial charge on any atom is 0.191 e. The minimum Gasteiger partial charge on any atom is -0.491 e. The van der Waals surface area contributed by atoms with Crippen molar-refractivity contribution < 1.29 is 9.13 Å². The molecule has 0 aliphatic heterocycles. The number of hydrogen-bond donors (Lipinski definition) is 2. The second-order valence-corrected chi connectivity index (χ2v) is 5.59. The minimum absolute atomic E-state index is 0. The third-order valence-electron chi connectivity index (χ3n) is 2.99. The zero-order valence-electron chi connectivity index (χ0n) is 13.1. The van der Waals surface area contributed by atoms with Crippen molar-refractivity contribution in [3.8, 4) is 5.75 Å². The van der Waals surface area contributed by atoms with Crippen LogP contribution in [-0.4, -0.2) is 19.6 Å². The molecule has 1 aromatic carbocycles. The summed E-state index contributed by atoms with van der Waals surface area (Å²) in [5.41, 5.74) is 0.833. The number of ether oxygens (including phenoxy) is 1. The van der Waals surface area contributed by atoms with Crippen LogP contribution in [0.15, 0.2) is 40.7 Å². The summed E-state index contributed by atoms with van der Waals surface area (Å²) in [7, 11) is 1.71. The molecular formula is C16H21FIN3OS. The molecule has 0 fully saturated rings. The molecule has 0 saturated heterocycles. The number of nitrogens with zero attached hydrogens (tertiary/aromatic N) is 1. The second kappa shape index (κ2) is 10.4. The lowest BCUT2D eigenvalue weighted by atomic mass is 10.2. The Morgan fingerprint density at radius 3 is 2.65 bits per heavy atom. The number of nitrogens with one attached hydrogen (secondary N) is 2. The van der Waals surface area contributed by atoms with Crippen LogP contribution in [0.5, 0.6) is 5.75 Å². The van der Waals surface area contributed by atoms with Crippen molar-refractivity contribution in [2.75, 3.05) is 13.7 Å². The van der Waals surface area contributed by atoms with Crippen LogP contribution in [0, 0.1) is 5.82 Å². The molecule has 1 heterocycles. The topological polar surface area (TPSA) is 45.6 Å². The molecule has 2 N–H and O–H groups in total. The molecule has 126 valence electrons. The Labute approximate surface area is 157 Å². The van der Waals surface area contributed by atoms with Crippen LogP contribution in [0.2, 0.25) is 0 Å². The van der Waals surface area contributed by atoms with E-state index in [0.717, 1.165) is 12.1 Å². The van der Waals surface area contributed by atoms with Crippen LogP contribution in [0.1, 0.15) is 17.4 Å². The van der Waals surface area contributed by atoms with Gasteiger partial charge in [-0.05, 0) is 36.1 Å². The van der Waals surface area contributed by atoms with Gasteiger partial charge in [-0.15, -0.1) is 35.3 Å². The number of benzene rings is 1. The molecule has 0 bridgehead atoms. The first kappa shape index (κ1) is 19.7. The molecule has 0 radical (unpaired) electrons. The molecule has 0 aliphatic rings. The van der Waals surface area contributed by atoms with Crippen LogP contribution in [0.4, 0.5) is 4.39 Å². The number of hydrogen-bond acceptors (Lipinski definition) is 3. The monoisotopic (exact) mass is 449 g/mol. The average molecular weight is 449 g/mol. The van der Waals surface area contributed by atoms with Gasteiger partial charge in [0.1, 0.15) is 0 Å². The highest BCUT2D eigenvalue weighted by Crippen LogP contribution is 2.18. The predicted molar refractivity (Wildman–Crippen MR) is 104 cm³/mol. The normalized spacial score (nSPS) is 10.8. The van der Waals surface area contributed by atoms with E-state index in [9.17, 15) is 4.39 Å². The molecule has 0 saturated carbocycles. The lowest BCUT2D eigenvalue weighted by Gasteiger charge is -2.12. The first-order chi connectivity index (χ1) is 10.7. The zero-order valence-corrected chi connectivity index (χ0v) is 16.3. The Balaban J connectivity index is 0.00000264. The lowest BCUT2D eigenvalue weighted by Crippen LogP contribution is -2.36. The second-order valence-electron chi connectivity index (χ2n) is 4.56. The SMILES string of the molecule is CCOc1ccc(CNC(=NC)NCc2cccs2)cc1F.I. The van der Waals surface area contributed by atoms with Crippen molar-refractivity contribution >= 4 is 41.3 Å². The van der Waals surface area contributed by atoms with E-state index < -0.39 is 0 Å². The van der Waals surface area contributed by atoms with Gasteiger partial charge in [-0.2, -0.15) is 0 Å². The van der Waals surface area contributed by atoms with Gasteiger partial charge in [0.2, 0.25) is 0 Å². The van der Waals surface area contributed by atoms with Crippen molar-refractivity contribution in [2.24, 2.45) is 4.99 Å². The van der Waals surface area contributed by atoms with Crippen LogP contribution >= 0.6 is 35.3 Å². The van der Waals surface area contributed by atoms with E-state index in [4.69, 9.17) is 4.74 Å². The lowest BCUT2D eigenvalue weighted by molar-refractivity contribution is 0.321. The van der Waals surface area contributed by atoms with Gasteiger partial charge in [-0.3, -0.25) is 4.99 Å². The number of aliphatic imine (C=N–C) groups is 1. The fraction of sp³-hybridized carbons (Fsp3) is 0.312. The van der Waals surface area contributed by atoms with Gasteiger partial charge in [0.05, 0.1) is 13.2 Å². The molecule has 0 atom stereocenters. The summed E-state index contributed by atoms with van der Waals surface area (Å²) in [5, 5.41) is 8.42. The number of thiophene rings is 1. The maximum absolute atomic E-state index is 13.8. The van der Waals surface area contributed by atoms with E-state index in [1.54, 1.807) is 24.5 Å². The number of rotatable bonds is 6. The summed E-state index contributed by atoms with van der Waals surface area (Å²) >= 11 is 1.69. The van der Waals surface area contributed by atoms with Crippen molar-refractivity contribution in [3.05, 3.63) is 52.0 Å². The molecule has 0 aliphatic carbocycles. The highest BCUT2D eigenvalue weighted by atomic mass is 127. The van der Waals surface area contributed by atoms with E-state index in [1.807, 2.05) is 24.4 Å². The van der Waals surface area contributed by atoms with Crippen molar-refractivity contribution in [1.82, 2.24) is 10.6 Å². The average Bonchev–Trinajstić information content (AvgIpc) is 3.03. The Bertz CT molecular complexity index is 620. The van der Waals surface area contributed by atoms with Crippen molar-refractivity contribution in [2.45, 2.75) is 20.0 Å². The molecule has 0 amide bonds. The summed E-state index contributed by atoms with van der Waals surface area (Å²) < 4.78 is 19.0. The van der Waals surface area contributed by atoms with E-state index in [-0.39, 0.29) is 35.5 Å². The van der Waals surface area contributed by atoms with Crippen LogP contribution < -0.4 is 15.4 Å². The number of guanidine groups is 1. The fourth-order valence-electron chi connectivity index (χ4n) is 1.92. The fourth-order valence-corrected chi connectivity index (χ4v) is 2.56. The van der Waals surface area contributed by atoms with Crippen molar-refractivity contribution in [1.29, 1.82) is 0 Å². The molecule has 2 rings (SSSR count). The van der Waals surface area contributed by atoms with Gasteiger partial charge in [-0.25, -0.2) is 4.39 Å². The highest BCUT2D eigenvalue weighted by molar-refractivity contribution is 14.0. The van der Waals surface area contributed by atoms with Crippen LogP contribution in [0.3, 0.4) is 0 Å². The van der Waals surface area contributed by atoms with Crippen LogP contribution in [0.25, 0.3) is 0 Å². The van der Waals surface area contributed by atoms with Gasteiger partial charge in [-0.1, -0.05) is 12.1 Å². The minimum atomic E-state index is -0.345. The van der Waals surface area contributed by atoms with Gasteiger partial charge in [0.15, 0.2) is 17.5 Å². The summed E-state index contributed by atoms with van der Waals surface area (Å²) in [6.07, 6.45) is 0. The van der Waals surface area contributed by atoms with Gasteiger partial charge >= 0.3 is 0 Å². The molecule has 1 aromatic heterocycles. The third-order valence-corrected chi connectivity index (χ3v) is 3.87. The predicted octanol–water partition coefficient (Wildman–Crippen LogP) is 3.77. The molecule has 2 aromatic rings. The van der Waals surface area contributed by atoms with E-state index in [0.29, 0.717) is 19.1 Å². The third kappa shape index (κ3) is 6.34. The van der Waals surface area contributed by atoms with Gasteiger partial charge < -0.3 is 15.4 Å². The van der Waals surface area contributed by atoms with Gasteiger partial charge in [0.25, 0.3) is 0 Å². The highest BCUT2D eigenvalue weighted by Gasteiger charge is 2.05. The standard InChI is InChI=1S/C16H20FN3OS.HI/c1-3-21-15-7-6-12(9-14(15)17)10-19-16(18-2)20-11-13-5-4-8-22-13;/h4-9H,3,10-11H2,1-2H3,(H2,18,19,20);1H. The summed E-state index contributed by atoms with van der Waals surface area (Å²) in [5.74, 6) is 0.622. The smallest absolute Gasteiger partial charge is 0.191 e. The molecular weight excluding hydrogens is 428 g/mol. The molecule has 23 heavy (non-hydrogen) atoms. The molecule has 0 spiro atoms. The number of halogens is 2. The van der Waals surface area contributed by atoms with E-state index in [2.05, 4.69) is 21.7 Å².